The molecule has 28 heavy (non-hydrogen) atoms. The summed E-state index contributed by atoms with van der Waals surface area (Å²) in [4.78, 5) is 39.2. The average Bonchev–Trinajstić information content (AvgIpc) is 2.72. The number of carbonyl (C=O) groups excluding carboxylic acids is 3. The number of ether oxygens (including phenoxy) is 1. The van der Waals surface area contributed by atoms with Crippen molar-refractivity contribution in [3.63, 3.8) is 0 Å². The van der Waals surface area contributed by atoms with Crippen LogP contribution in [0.5, 0.6) is 0 Å². The second kappa shape index (κ2) is 9.59. The van der Waals surface area contributed by atoms with Gasteiger partial charge in [0.2, 0.25) is 5.91 Å². The SMILES string of the molecule is COC(=O)/C(N)=C(/C=C(\N)C(=O)N1CCN(C(C)=O)CC1)Cc1ccccc1. The summed E-state index contributed by atoms with van der Waals surface area (Å²) in [5, 5.41) is 0. The van der Waals surface area contributed by atoms with Gasteiger partial charge in [0.15, 0.2) is 0 Å². The number of amides is 2. The maximum absolute atomic E-state index is 12.7. The predicted octanol–water partition coefficient (Wildman–Crippen LogP) is 0.148. The molecule has 150 valence electrons. The minimum Gasteiger partial charge on any atom is -0.464 e. The highest BCUT2D eigenvalue weighted by Gasteiger charge is 2.24. The molecule has 1 aromatic rings. The first-order valence-corrected chi connectivity index (χ1v) is 8.96. The zero-order valence-electron chi connectivity index (χ0n) is 16.2. The summed E-state index contributed by atoms with van der Waals surface area (Å²) in [6, 6.07) is 9.39. The Bertz CT molecular complexity index is 794. The second-order valence-corrected chi connectivity index (χ2v) is 6.49. The third-order valence-electron chi connectivity index (χ3n) is 4.58. The van der Waals surface area contributed by atoms with Gasteiger partial charge in [0, 0.05) is 33.1 Å². The predicted molar refractivity (Wildman–Crippen MR) is 104 cm³/mol. The first-order chi connectivity index (χ1) is 13.3. The molecule has 0 unspecified atom stereocenters. The summed E-state index contributed by atoms with van der Waals surface area (Å²) in [5.41, 5.74) is 13.2. The monoisotopic (exact) mass is 386 g/mol. The molecule has 2 rings (SSSR count). The molecule has 1 aliphatic rings. The van der Waals surface area contributed by atoms with E-state index in [1.54, 1.807) is 9.80 Å². The Morgan fingerprint density at radius 2 is 1.61 bits per heavy atom. The molecule has 0 radical (unpaired) electrons. The number of methoxy groups -OCH3 is 1. The average molecular weight is 386 g/mol. The van der Waals surface area contributed by atoms with Gasteiger partial charge in [-0.25, -0.2) is 4.79 Å². The van der Waals surface area contributed by atoms with Gasteiger partial charge in [-0.3, -0.25) is 9.59 Å². The van der Waals surface area contributed by atoms with E-state index in [0.29, 0.717) is 38.2 Å². The maximum atomic E-state index is 12.7. The first kappa shape index (κ1) is 21.0. The molecular formula is C20H26N4O4. The number of hydrogen-bond acceptors (Lipinski definition) is 6. The largest absolute Gasteiger partial charge is 0.464 e. The minimum atomic E-state index is -0.683. The van der Waals surface area contributed by atoms with Crippen LogP contribution in [0.25, 0.3) is 0 Å². The Kier molecular flexibility index (Phi) is 7.20. The fraction of sp³-hybridized carbons (Fsp3) is 0.350. The summed E-state index contributed by atoms with van der Waals surface area (Å²) in [6.45, 7) is 3.23. The number of hydrogen-bond donors (Lipinski definition) is 2. The van der Waals surface area contributed by atoms with Crippen LogP contribution in [0.15, 0.2) is 53.4 Å². The van der Waals surface area contributed by atoms with Crippen LogP contribution in [0.2, 0.25) is 0 Å². The van der Waals surface area contributed by atoms with Crippen LogP contribution in [0.4, 0.5) is 0 Å². The van der Waals surface area contributed by atoms with Crippen molar-refractivity contribution >= 4 is 17.8 Å². The van der Waals surface area contributed by atoms with Crippen molar-refractivity contribution in [2.24, 2.45) is 11.5 Å². The van der Waals surface area contributed by atoms with E-state index in [-0.39, 0.29) is 23.2 Å². The molecule has 1 heterocycles. The molecule has 8 nitrogen and oxygen atoms in total. The van der Waals surface area contributed by atoms with Gasteiger partial charge in [0.05, 0.1) is 12.8 Å². The topological polar surface area (TPSA) is 119 Å². The van der Waals surface area contributed by atoms with Crippen molar-refractivity contribution < 1.29 is 19.1 Å². The molecule has 0 atom stereocenters. The molecule has 0 aromatic heterocycles. The fourth-order valence-corrected chi connectivity index (χ4v) is 2.94. The van der Waals surface area contributed by atoms with Crippen LogP contribution in [0.1, 0.15) is 12.5 Å². The van der Waals surface area contributed by atoms with Crippen molar-refractivity contribution in [3.05, 3.63) is 58.9 Å². The molecule has 2 amide bonds. The van der Waals surface area contributed by atoms with Crippen molar-refractivity contribution in [1.29, 1.82) is 0 Å². The zero-order chi connectivity index (χ0) is 20.7. The first-order valence-electron chi connectivity index (χ1n) is 8.96. The van der Waals surface area contributed by atoms with Crippen LogP contribution in [-0.4, -0.2) is 60.9 Å². The molecule has 1 saturated heterocycles. The van der Waals surface area contributed by atoms with E-state index >= 15 is 0 Å². The van der Waals surface area contributed by atoms with Crippen molar-refractivity contribution in [2.45, 2.75) is 13.3 Å². The lowest BCUT2D eigenvalue weighted by atomic mass is 10.0. The normalized spacial score (nSPS) is 15.7. The second-order valence-electron chi connectivity index (χ2n) is 6.49. The van der Waals surface area contributed by atoms with E-state index in [2.05, 4.69) is 0 Å². The third kappa shape index (κ3) is 5.35. The number of carbonyl (C=O) groups is 3. The molecule has 1 aliphatic heterocycles. The van der Waals surface area contributed by atoms with Crippen LogP contribution >= 0.6 is 0 Å². The maximum Gasteiger partial charge on any atom is 0.354 e. The van der Waals surface area contributed by atoms with Gasteiger partial charge in [-0.15, -0.1) is 0 Å². The molecule has 4 N–H and O–H groups in total. The van der Waals surface area contributed by atoms with Crippen LogP contribution in [-0.2, 0) is 25.5 Å². The molecule has 1 fully saturated rings. The number of nitrogens with two attached hydrogens (primary N) is 2. The Morgan fingerprint density at radius 3 is 2.14 bits per heavy atom. The number of allylic oxidation sites excluding steroid dienone is 2. The molecule has 8 heteroatoms. The van der Waals surface area contributed by atoms with Gasteiger partial charge in [0.25, 0.3) is 5.91 Å². The summed E-state index contributed by atoms with van der Waals surface area (Å²) >= 11 is 0. The molecular weight excluding hydrogens is 360 g/mol. The Hall–Kier alpha value is -3.29. The smallest absolute Gasteiger partial charge is 0.354 e. The lowest BCUT2D eigenvalue weighted by Gasteiger charge is -2.34. The molecule has 0 aliphatic carbocycles. The Morgan fingerprint density at radius 1 is 1.04 bits per heavy atom. The molecule has 0 bridgehead atoms. The van der Waals surface area contributed by atoms with Crippen LogP contribution in [0, 0.1) is 0 Å². The van der Waals surface area contributed by atoms with Crippen molar-refractivity contribution in [3.8, 4) is 0 Å². The lowest BCUT2D eigenvalue weighted by molar-refractivity contribution is -0.136. The van der Waals surface area contributed by atoms with E-state index in [1.807, 2.05) is 30.3 Å². The van der Waals surface area contributed by atoms with Gasteiger partial charge >= 0.3 is 5.97 Å². The van der Waals surface area contributed by atoms with Crippen LogP contribution in [0.3, 0.4) is 0 Å². The van der Waals surface area contributed by atoms with Crippen molar-refractivity contribution in [1.82, 2.24) is 9.80 Å². The van der Waals surface area contributed by atoms with E-state index in [4.69, 9.17) is 16.2 Å². The van der Waals surface area contributed by atoms with E-state index < -0.39 is 5.97 Å². The highest BCUT2D eigenvalue weighted by Crippen LogP contribution is 2.15. The van der Waals surface area contributed by atoms with Gasteiger partial charge in [-0.05, 0) is 23.6 Å². The number of nitrogens with zero attached hydrogens (tertiary/aromatic N) is 2. The van der Waals surface area contributed by atoms with Gasteiger partial charge in [-0.2, -0.15) is 0 Å². The summed E-state index contributed by atoms with van der Waals surface area (Å²) in [5.74, 6) is -1.06. The number of rotatable bonds is 5. The number of benzene rings is 1. The Labute approximate surface area is 164 Å². The molecule has 1 aromatic carbocycles. The lowest BCUT2D eigenvalue weighted by Crippen LogP contribution is -2.51. The molecule has 0 spiro atoms. The summed E-state index contributed by atoms with van der Waals surface area (Å²) in [6.07, 6.45) is 1.76. The Balaban J connectivity index is 2.21. The van der Waals surface area contributed by atoms with E-state index in [1.165, 1.54) is 20.1 Å². The van der Waals surface area contributed by atoms with E-state index in [0.717, 1.165) is 5.56 Å². The summed E-state index contributed by atoms with van der Waals surface area (Å²) < 4.78 is 4.70. The number of piperazine rings is 1. The minimum absolute atomic E-state index is 0.0189. The fourth-order valence-electron chi connectivity index (χ4n) is 2.94. The standard InChI is InChI=1S/C20H26N4O4/c1-14(25)23-8-10-24(11-9-23)19(26)17(21)13-16(18(22)20(27)28-2)12-15-6-4-3-5-7-15/h3-7,13H,8-12,21-22H2,1-2H3/b17-13-,18-16-. The quantitative estimate of drug-likeness (QED) is 0.422. The highest BCUT2D eigenvalue weighted by molar-refractivity contribution is 5.94. The highest BCUT2D eigenvalue weighted by atomic mass is 16.5. The van der Waals surface area contributed by atoms with E-state index in [9.17, 15) is 14.4 Å². The van der Waals surface area contributed by atoms with Gasteiger partial charge in [0.1, 0.15) is 5.70 Å². The summed E-state index contributed by atoms with van der Waals surface area (Å²) in [7, 11) is 1.24. The zero-order valence-corrected chi connectivity index (χ0v) is 16.2. The van der Waals surface area contributed by atoms with Crippen molar-refractivity contribution in [2.75, 3.05) is 33.3 Å². The number of esters is 1. The third-order valence-corrected chi connectivity index (χ3v) is 4.58. The van der Waals surface area contributed by atoms with Gasteiger partial charge in [-0.1, -0.05) is 30.3 Å². The van der Waals surface area contributed by atoms with Gasteiger partial charge < -0.3 is 26.0 Å². The van der Waals surface area contributed by atoms with Crippen LogP contribution < -0.4 is 11.5 Å². The molecule has 0 saturated carbocycles.